The average molecular weight is 289 g/mol. The quantitative estimate of drug-likeness (QED) is 0.492. The Hall–Kier alpha value is -2.39. The van der Waals surface area contributed by atoms with E-state index in [0.717, 1.165) is 0 Å². The smallest absolute Gasteiger partial charge is 0.252 e. The van der Waals surface area contributed by atoms with E-state index in [2.05, 4.69) is 22.1 Å². The third kappa shape index (κ3) is 7.09. The number of pyridine rings is 1. The molecule has 0 radical (unpaired) electrons. The topological polar surface area (TPSA) is 105 Å². The highest BCUT2D eigenvalue weighted by atomic mass is 16.2. The molecule has 0 saturated heterocycles. The molecule has 0 atom stereocenters. The van der Waals surface area contributed by atoms with E-state index >= 15 is 0 Å². The molecule has 0 unspecified atom stereocenters. The molecule has 0 saturated carbocycles. The minimum absolute atomic E-state index is 0.00586. The molecule has 0 aliphatic carbocycles. The first-order chi connectivity index (χ1) is 10.1. The molecule has 0 fully saturated rings. The Morgan fingerprint density at radius 3 is 2.86 bits per heavy atom. The number of nitrogens with two attached hydrogens (primary N) is 1. The van der Waals surface area contributed by atoms with Crippen LogP contribution in [0.25, 0.3) is 0 Å². The van der Waals surface area contributed by atoms with E-state index in [1.165, 1.54) is 6.20 Å². The molecule has 1 rings (SSSR count). The van der Waals surface area contributed by atoms with Crippen LogP contribution in [0, 0.1) is 11.8 Å². The van der Waals surface area contributed by atoms with Gasteiger partial charge in [-0.2, -0.15) is 0 Å². The van der Waals surface area contributed by atoms with Gasteiger partial charge >= 0.3 is 0 Å². The third-order valence-electron chi connectivity index (χ3n) is 2.61. The van der Waals surface area contributed by atoms with Gasteiger partial charge < -0.3 is 16.2 Å². The number of unbranched alkanes of at least 4 members (excludes halogenated alkanes) is 1. The second kappa shape index (κ2) is 9.50. The first-order valence-electron chi connectivity index (χ1n) is 6.74. The minimum atomic E-state index is -0.334. The molecule has 112 valence electrons. The number of aliphatic hydroxyl groups is 1. The van der Waals surface area contributed by atoms with Gasteiger partial charge in [-0.05, 0) is 18.9 Å². The van der Waals surface area contributed by atoms with Crippen LogP contribution in [-0.4, -0.2) is 35.1 Å². The highest BCUT2D eigenvalue weighted by Crippen LogP contribution is 2.02. The Morgan fingerprint density at radius 2 is 2.14 bits per heavy atom. The number of nitrogens with one attached hydrogen (secondary N) is 1. The first-order valence-corrected chi connectivity index (χ1v) is 6.74. The summed E-state index contributed by atoms with van der Waals surface area (Å²) in [6.07, 6.45) is 5.09. The highest BCUT2D eigenvalue weighted by molar-refractivity contribution is 5.94. The molecular formula is C15H19N3O3. The van der Waals surface area contributed by atoms with E-state index in [1.807, 2.05) is 0 Å². The number of amides is 2. The molecule has 4 N–H and O–H groups in total. The Bertz CT molecular complexity index is 547. The van der Waals surface area contributed by atoms with Crippen LogP contribution in [0.1, 0.15) is 41.6 Å². The zero-order valence-electron chi connectivity index (χ0n) is 11.8. The summed E-state index contributed by atoms with van der Waals surface area (Å²) in [5, 5.41) is 11.4. The summed E-state index contributed by atoms with van der Waals surface area (Å²) in [6, 6.07) is 1.65. The highest BCUT2D eigenvalue weighted by Gasteiger charge is 2.05. The van der Waals surface area contributed by atoms with Gasteiger partial charge in [0.1, 0.15) is 0 Å². The van der Waals surface area contributed by atoms with Gasteiger partial charge in [-0.25, -0.2) is 0 Å². The lowest BCUT2D eigenvalue weighted by atomic mass is 10.2. The molecule has 1 aromatic rings. The first kappa shape index (κ1) is 16.7. The molecular weight excluding hydrogens is 270 g/mol. The van der Waals surface area contributed by atoms with Gasteiger partial charge in [0.25, 0.3) is 5.91 Å². The average Bonchev–Trinajstić information content (AvgIpc) is 2.47. The van der Waals surface area contributed by atoms with Crippen molar-refractivity contribution in [2.45, 2.75) is 25.7 Å². The van der Waals surface area contributed by atoms with Crippen LogP contribution in [-0.2, 0) is 4.79 Å². The largest absolute Gasteiger partial charge is 0.395 e. The Morgan fingerprint density at radius 1 is 1.33 bits per heavy atom. The van der Waals surface area contributed by atoms with Gasteiger partial charge in [-0.15, -0.1) is 0 Å². The monoisotopic (exact) mass is 289 g/mol. The molecule has 0 bridgehead atoms. The molecule has 0 aliphatic heterocycles. The molecule has 6 nitrogen and oxygen atoms in total. The van der Waals surface area contributed by atoms with Crippen LogP contribution < -0.4 is 11.1 Å². The molecule has 2 amide bonds. The SMILES string of the molecule is NC(=O)CCCCNC(=O)c1cncc(C#CCCO)c1. The van der Waals surface area contributed by atoms with E-state index in [4.69, 9.17) is 10.8 Å². The van der Waals surface area contributed by atoms with Crippen molar-refractivity contribution in [3.63, 3.8) is 0 Å². The Balaban J connectivity index is 2.45. The summed E-state index contributed by atoms with van der Waals surface area (Å²) in [6.45, 7) is 0.485. The van der Waals surface area contributed by atoms with Crippen LogP contribution in [0.4, 0.5) is 0 Å². The normalized spacial score (nSPS) is 9.57. The van der Waals surface area contributed by atoms with Crippen molar-refractivity contribution in [2.24, 2.45) is 5.73 Å². The van der Waals surface area contributed by atoms with E-state index in [-0.39, 0.29) is 18.4 Å². The van der Waals surface area contributed by atoms with Gasteiger partial charge in [0, 0.05) is 37.3 Å². The van der Waals surface area contributed by atoms with Crippen LogP contribution in [0.3, 0.4) is 0 Å². The number of nitrogens with zero attached hydrogens (tertiary/aromatic N) is 1. The van der Waals surface area contributed by atoms with E-state index in [1.54, 1.807) is 12.3 Å². The molecule has 21 heavy (non-hydrogen) atoms. The number of aliphatic hydroxyl groups excluding tert-OH is 1. The Labute approximate surface area is 123 Å². The summed E-state index contributed by atoms with van der Waals surface area (Å²) in [5.41, 5.74) is 6.09. The maximum absolute atomic E-state index is 11.9. The minimum Gasteiger partial charge on any atom is -0.395 e. The molecule has 1 heterocycles. The van der Waals surface area contributed by atoms with Crippen LogP contribution in [0.5, 0.6) is 0 Å². The fourth-order valence-electron chi connectivity index (χ4n) is 1.58. The lowest BCUT2D eigenvalue weighted by Crippen LogP contribution is -2.25. The summed E-state index contributed by atoms with van der Waals surface area (Å²) in [7, 11) is 0. The number of primary amides is 1. The number of rotatable bonds is 7. The predicted octanol–water partition coefficient (Wildman–Crippen LogP) is 0.201. The van der Waals surface area contributed by atoms with Gasteiger partial charge in [0.05, 0.1) is 12.2 Å². The summed E-state index contributed by atoms with van der Waals surface area (Å²) >= 11 is 0. The lowest BCUT2D eigenvalue weighted by molar-refractivity contribution is -0.118. The summed E-state index contributed by atoms with van der Waals surface area (Å²) in [4.78, 5) is 26.4. The fourth-order valence-corrected chi connectivity index (χ4v) is 1.58. The van der Waals surface area contributed by atoms with Crippen LogP contribution in [0.15, 0.2) is 18.5 Å². The zero-order valence-corrected chi connectivity index (χ0v) is 11.8. The molecule has 0 aromatic carbocycles. The van der Waals surface area contributed by atoms with Gasteiger partial charge in [-0.3, -0.25) is 14.6 Å². The predicted molar refractivity (Wildman–Crippen MR) is 78.2 cm³/mol. The third-order valence-corrected chi connectivity index (χ3v) is 2.61. The van der Waals surface area contributed by atoms with Gasteiger partial charge in [0.2, 0.25) is 5.91 Å². The van der Waals surface area contributed by atoms with Crippen LogP contribution >= 0.6 is 0 Å². The van der Waals surface area contributed by atoms with E-state index < -0.39 is 0 Å². The standard InChI is InChI=1S/C15H19N3O3/c16-14(20)6-1-3-7-18-15(21)13-9-12(10-17-11-13)5-2-4-8-19/h9-11,19H,1,3-4,6-8H2,(H2,16,20)(H,18,21). The molecule has 6 heteroatoms. The summed E-state index contributed by atoms with van der Waals surface area (Å²) < 4.78 is 0. The van der Waals surface area contributed by atoms with Crippen molar-refractivity contribution in [1.29, 1.82) is 0 Å². The fraction of sp³-hybridized carbons (Fsp3) is 0.400. The van der Waals surface area contributed by atoms with E-state index in [0.29, 0.717) is 43.4 Å². The number of hydrogen-bond donors (Lipinski definition) is 3. The van der Waals surface area contributed by atoms with Gasteiger partial charge in [-0.1, -0.05) is 11.8 Å². The number of hydrogen-bond acceptors (Lipinski definition) is 4. The maximum atomic E-state index is 11.9. The van der Waals surface area contributed by atoms with Crippen molar-refractivity contribution >= 4 is 11.8 Å². The van der Waals surface area contributed by atoms with Crippen molar-refractivity contribution in [2.75, 3.05) is 13.2 Å². The maximum Gasteiger partial charge on any atom is 0.252 e. The van der Waals surface area contributed by atoms with Gasteiger partial charge in [0.15, 0.2) is 0 Å². The molecule has 0 aliphatic rings. The number of aromatic nitrogens is 1. The molecule has 1 aromatic heterocycles. The second-order valence-electron chi connectivity index (χ2n) is 4.42. The second-order valence-corrected chi connectivity index (χ2v) is 4.42. The van der Waals surface area contributed by atoms with Crippen molar-refractivity contribution in [1.82, 2.24) is 10.3 Å². The van der Waals surface area contributed by atoms with Crippen molar-refractivity contribution in [3.8, 4) is 11.8 Å². The number of carbonyl (C=O) groups is 2. The zero-order chi connectivity index (χ0) is 15.5. The Kier molecular flexibility index (Phi) is 7.54. The molecule has 0 spiro atoms. The lowest BCUT2D eigenvalue weighted by Gasteiger charge is -2.04. The van der Waals surface area contributed by atoms with E-state index in [9.17, 15) is 9.59 Å². The number of carbonyl (C=O) groups excluding carboxylic acids is 2. The van der Waals surface area contributed by atoms with Crippen molar-refractivity contribution < 1.29 is 14.7 Å². The summed E-state index contributed by atoms with van der Waals surface area (Å²) in [5.74, 6) is 5.04. The van der Waals surface area contributed by atoms with Crippen molar-refractivity contribution in [3.05, 3.63) is 29.6 Å². The van der Waals surface area contributed by atoms with Crippen LogP contribution in [0.2, 0.25) is 0 Å².